The maximum absolute atomic E-state index is 12.3. The molecule has 0 aliphatic heterocycles. The number of nitrogens with one attached hydrogen (secondary N) is 1. The Morgan fingerprint density at radius 1 is 1.00 bits per heavy atom. The number of amides is 1. The summed E-state index contributed by atoms with van der Waals surface area (Å²) in [4.78, 5) is 50.0. The van der Waals surface area contributed by atoms with E-state index in [2.05, 4.69) is 22.0 Å². The molecule has 0 radical (unpaired) electrons. The molecule has 1 N–H and O–H groups in total. The first-order valence-corrected chi connectivity index (χ1v) is 8.80. The van der Waals surface area contributed by atoms with Gasteiger partial charge in [0.15, 0.2) is 13.2 Å². The fraction of sp³-hybridized carbons (Fsp3) is 0.722. The molecule has 1 amide bonds. The van der Waals surface area contributed by atoms with Crippen LogP contribution in [-0.2, 0) is 28.6 Å². The minimum absolute atomic E-state index is 0.0785. The number of hydrogen-bond acceptors (Lipinski definition) is 9. The second kappa shape index (κ2) is 11.7. The third kappa shape index (κ3) is 15.7. The maximum Gasteiger partial charge on any atom is 0.408 e. The number of nitrogens with zero attached hydrogens (tertiary/aromatic N) is 1. The van der Waals surface area contributed by atoms with Crippen LogP contribution in [0, 0.1) is 22.0 Å². The van der Waals surface area contributed by atoms with Gasteiger partial charge in [-0.3, -0.25) is 4.79 Å². The van der Waals surface area contributed by atoms with Gasteiger partial charge in [-0.05, 0) is 48.0 Å². The standard InChI is InChI=1S/C18H28N2O9/c1-17(2,3)28-15(22)13(19-16(23)29-18(4,5)6)9-10-14(21)26-11-7-8-12-27-20(24)25/h13H,9-12H2,1-6H3,(H,19,23). The van der Waals surface area contributed by atoms with Crippen LogP contribution in [0.5, 0.6) is 0 Å². The number of carbonyl (C=O) groups excluding carboxylic acids is 3. The molecule has 0 saturated carbocycles. The van der Waals surface area contributed by atoms with Gasteiger partial charge in [-0.2, -0.15) is 0 Å². The zero-order chi connectivity index (χ0) is 22.7. The molecule has 0 bridgehead atoms. The van der Waals surface area contributed by atoms with Crippen LogP contribution in [0.3, 0.4) is 0 Å². The van der Waals surface area contributed by atoms with E-state index in [-0.39, 0.29) is 19.4 Å². The highest BCUT2D eigenvalue weighted by molar-refractivity contribution is 5.82. The van der Waals surface area contributed by atoms with Crippen molar-refractivity contribution < 1.29 is 38.5 Å². The van der Waals surface area contributed by atoms with Gasteiger partial charge < -0.3 is 24.4 Å². The highest BCUT2D eigenvalue weighted by Gasteiger charge is 2.29. The zero-order valence-corrected chi connectivity index (χ0v) is 17.5. The third-order valence-corrected chi connectivity index (χ3v) is 2.69. The zero-order valence-electron chi connectivity index (χ0n) is 17.5. The van der Waals surface area contributed by atoms with Crippen LogP contribution >= 0.6 is 0 Å². The van der Waals surface area contributed by atoms with Gasteiger partial charge in [0.1, 0.15) is 17.2 Å². The van der Waals surface area contributed by atoms with Crippen molar-refractivity contribution in [3.8, 4) is 11.8 Å². The Morgan fingerprint density at radius 2 is 1.55 bits per heavy atom. The van der Waals surface area contributed by atoms with Crippen molar-refractivity contribution in [2.45, 2.75) is 71.6 Å². The van der Waals surface area contributed by atoms with Gasteiger partial charge in [0.2, 0.25) is 0 Å². The molecule has 0 saturated heterocycles. The van der Waals surface area contributed by atoms with Crippen molar-refractivity contribution in [2.75, 3.05) is 13.2 Å². The predicted octanol–water partition coefficient (Wildman–Crippen LogP) is 1.76. The minimum atomic E-state index is -1.11. The average molecular weight is 416 g/mol. The Kier molecular flexibility index (Phi) is 10.5. The van der Waals surface area contributed by atoms with E-state index in [0.717, 1.165) is 0 Å². The van der Waals surface area contributed by atoms with Crippen molar-refractivity contribution in [1.82, 2.24) is 5.32 Å². The van der Waals surface area contributed by atoms with E-state index >= 15 is 0 Å². The maximum atomic E-state index is 12.3. The summed E-state index contributed by atoms with van der Waals surface area (Å²) >= 11 is 0. The van der Waals surface area contributed by atoms with E-state index in [1.54, 1.807) is 41.5 Å². The molecule has 1 atom stereocenters. The molecule has 0 spiro atoms. The summed E-state index contributed by atoms with van der Waals surface area (Å²) in [5.74, 6) is 3.27. The summed E-state index contributed by atoms with van der Waals surface area (Å²) in [6, 6.07) is -1.11. The molecular weight excluding hydrogens is 388 g/mol. The normalized spacial score (nSPS) is 11.9. The fourth-order valence-electron chi connectivity index (χ4n) is 1.71. The second-order valence-electron chi connectivity index (χ2n) is 7.78. The Balaban J connectivity index is 4.70. The lowest BCUT2D eigenvalue weighted by Crippen LogP contribution is -2.46. The van der Waals surface area contributed by atoms with Crippen LogP contribution < -0.4 is 5.32 Å². The van der Waals surface area contributed by atoms with E-state index in [9.17, 15) is 24.5 Å². The smallest absolute Gasteiger partial charge is 0.408 e. The summed E-state index contributed by atoms with van der Waals surface area (Å²) in [6.45, 7) is 9.29. The minimum Gasteiger partial charge on any atom is -0.458 e. The number of alkyl carbamates (subject to hydrolysis) is 1. The molecular formula is C18H28N2O9. The molecule has 0 aromatic heterocycles. The number of ether oxygens (including phenoxy) is 3. The van der Waals surface area contributed by atoms with E-state index < -0.39 is 47.0 Å². The molecule has 0 aliphatic carbocycles. The summed E-state index contributed by atoms with van der Waals surface area (Å²) < 4.78 is 15.2. The highest BCUT2D eigenvalue weighted by Crippen LogP contribution is 2.13. The predicted molar refractivity (Wildman–Crippen MR) is 99.9 cm³/mol. The van der Waals surface area contributed by atoms with Crippen molar-refractivity contribution in [3.63, 3.8) is 0 Å². The molecule has 0 aromatic carbocycles. The van der Waals surface area contributed by atoms with Crippen LogP contribution in [0.1, 0.15) is 54.4 Å². The lowest BCUT2D eigenvalue weighted by atomic mass is 10.1. The number of hydrogen-bond donors (Lipinski definition) is 1. The van der Waals surface area contributed by atoms with Crippen molar-refractivity contribution in [3.05, 3.63) is 10.1 Å². The van der Waals surface area contributed by atoms with Crippen LogP contribution in [0.4, 0.5) is 4.79 Å². The number of carbonyl (C=O) groups is 3. The van der Waals surface area contributed by atoms with Crippen LogP contribution in [0.25, 0.3) is 0 Å². The molecule has 0 rings (SSSR count). The quantitative estimate of drug-likeness (QED) is 0.206. The second-order valence-corrected chi connectivity index (χ2v) is 7.78. The largest absolute Gasteiger partial charge is 0.458 e. The van der Waals surface area contributed by atoms with Gasteiger partial charge in [-0.1, -0.05) is 11.8 Å². The van der Waals surface area contributed by atoms with Crippen LogP contribution in [0.15, 0.2) is 0 Å². The Morgan fingerprint density at radius 3 is 2.07 bits per heavy atom. The van der Waals surface area contributed by atoms with E-state index in [0.29, 0.717) is 0 Å². The Labute approximate surface area is 169 Å². The van der Waals surface area contributed by atoms with E-state index in [1.807, 2.05) is 0 Å². The first-order valence-electron chi connectivity index (χ1n) is 8.80. The van der Waals surface area contributed by atoms with Crippen LogP contribution in [0.2, 0.25) is 0 Å². The van der Waals surface area contributed by atoms with Gasteiger partial charge in [0.25, 0.3) is 5.09 Å². The lowest BCUT2D eigenvalue weighted by Gasteiger charge is -2.26. The van der Waals surface area contributed by atoms with Crippen molar-refractivity contribution >= 4 is 18.0 Å². The van der Waals surface area contributed by atoms with Gasteiger partial charge in [0.05, 0.1) is 0 Å². The Bertz CT molecular complexity index is 651. The fourth-order valence-corrected chi connectivity index (χ4v) is 1.71. The topological polar surface area (TPSA) is 143 Å². The summed E-state index contributed by atoms with van der Waals surface area (Å²) in [6.07, 6.45) is -1.10. The molecule has 11 heteroatoms. The number of esters is 2. The first-order chi connectivity index (χ1) is 13.2. The summed E-state index contributed by atoms with van der Waals surface area (Å²) in [5.41, 5.74) is -1.55. The summed E-state index contributed by atoms with van der Waals surface area (Å²) in [5, 5.41) is 11.3. The monoisotopic (exact) mass is 416 g/mol. The molecule has 11 nitrogen and oxygen atoms in total. The molecule has 0 fully saturated rings. The molecule has 164 valence electrons. The first kappa shape index (κ1) is 26.0. The van der Waals surface area contributed by atoms with Gasteiger partial charge >= 0.3 is 18.0 Å². The molecule has 0 aromatic rings. The Hall–Kier alpha value is -3.03. The highest BCUT2D eigenvalue weighted by atomic mass is 16.9. The molecule has 0 aliphatic rings. The summed E-state index contributed by atoms with van der Waals surface area (Å²) in [7, 11) is 0. The SMILES string of the molecule is CC(C)(C)OC(=O)NC(CCC(=O)OCC#CCO[N+](=O)[O-])C(=O)OC(C)(C)C. The molecule has 0 heterocycles. The molecule has 1 unspecified atom stereocenters. The van der Waals surface area contributed by atoms with Crippen molar-refractivity contribution in [1.29, 1.82) is 0 Å². The van der Waals surface area contributed by atoms with Crippen LogP contribution in [-0.4, -0.2) is 53.6 Å². The van der Waals surface area contributed by atoms with E-state index in [4.69, 9.17) is 14.2 Å². The number of rotatable bonds is 8. The van der Waals surface area contributed by atoms with Gasteiger partial charge in [-0.25, -0.2) is 9.59 Å². The average Bonchev–Trinajstić information content (AvgIpc) is 2.50. The van der Waals surface area contributed by atoms with Crippen molar-refractivity contribution in [2.24, 2.45) is 0 Å². The third-order valence-electron chi connectivity index (χ3n) is 2.69. The lowest BCUT2D eigenvalue weighted by molar-refractivity contribution is -0.754. The van der Waals surface area contributed by atoms with E-state index in [1.165, 1.54) is 0 Å². The molecule has 29 heavy (non-hydrogen) atoms. The van der Waals surface area contributed by atoms with Gasteiger partial charge in [0, 0.05) is 6.42 Å². The van der Waals surface area contributed by atoms with Gasteiger partial charge in [-0.15, -0.1) is 10.1 Å².